The second kappa shape index (κ2) is 4.64. The van der Waals surface area contributed by atoms with Gasteiger partial charge in [0, 0.05) is 6.20 Å². The van der Waals surface area contributed by atoms with Crippen molar-refractivity contribution in [2.24, 2.45) is 0 Å². The Balaban J connectivity index is 2.58. The van der Waals surface area contributed by atoms with Crippen LogP contribution in [0.15, 0.2) is 34.5 Å². The van der Waals surface area contributed by atoms with Gasteiger partial charge < -0.3 is 4.74 Å². The number of aromatic nitrogens is 3. The Labute approximate surface area is 103 Å². The van der Waals surface area contributed by atoms with Crippen molar-refractivity contribution in [3.63, 3.8) is 0 Å². The van der Waals surface area contributed by atoms with Crippen molar-refractivity contribution in [2.75, 3.05) is 7.11 Å². The maximum Gasteiger partial charge on any atom is 0.350 e. The summed E-state index contributed by atoms with van der Waals surface area (Å²) in [5.41, 5.74) is 0.526. The molecular formula is C12H14FN3O2. The Hall–Kier alpha value is -2.11. The lowest BCUT2D eigenvalue weighted by Gasteiger charge is -1.98. The molecule has 0 fully saturated rings. The van der Waals surface area contributed by atoms with Gasteiger partial charge in [0.15, 0.2) is 5.75 Å². The Kier molecular flexibility index (Phi) is 3.18. The largest absolute Gasteiger partial charge is 0.493 e. The summed E-state index contributed by atoms with van der Waals surface area (Å²) >= 11 is 0. The van der Waals surface area contributed by atoms with Gasteiger partial charge in [0.1, 0.15) is 5.83 Å². The highest BCUT2D eigenvalue weighted by molar-refractivity contribution is 5.52. The van der Waals surface area contributed by atoms with Crippen molar-refractivity contribution in [1.82, 2.24) is 14.2 Å². The second-order valence-electron chi connectivity index (χ2n) is 4.12. The third-order valence-corrected chi connectivity index (χ3v) is 2.62. The zero-order valence-corrected chi connectivity index (χ0v) is 10.5. The third kappa shape index (κ3) is 2.01. The molecule has 0 saturated carbocycles. The fraction of sp³-hybridized carbons (Fsp3) is 0.333. The van der Waals surface area contributed by atoms with Crippen LogP contribution in [0, 0.1) is 0 Å². The van der Waals surface area contributed by atoms with E-state index in [9.17, 15) is 9.18 Å². The number of rotatable bonds is 3. The number of allylic oxidation sites excluding steroid dienone is 2. The zero-order chi connectivity index (χ0) is 13.3. The number of fused-ring (bicyclic) bond motifs is 1. The molecule has 0 saturated heterocycles. The van der Waals surface area contributed by atoms with E-state index in [4.69, 9.17) is 4.74 Å². The number of ether oxygens (including phenoxy) is 1. The minimum Gasteiger partial charge on any atom is -0.493 e. The van der Waals surface area contributed by atoms with Gasteiger partial charge in [-0.05, 0) is 31.6 Å². The minimum absolute atomic E-state index is 0.161. The first kappa shape index (κ1) is 12.3. The van der Waals surface area contributed by atoms with Gasteiger partial charge in [-0.2, -0.15) is 0 Å². The highest BCUT2D eigenvalue weighted by Crippen LogP contribution is 2.15. The van der Waals surface area contributed by atoms with Crippen LogP contribution in [0.4, 0.5) is 4.39 Å². The highest BCUT2D eigenvalue weighted by Gasteiger charge is 2.12. The fourth-order valence-electron chi connectivity index (χ4n) is 1.57. The molecule has 0 N–H and O–H groups in total. The van der Waals surface area contributed by atoms with E-state index in [1.54, 1.807) is 32.2 Å². The summed E-state index contributed by atoms with van der Waals surface area (Å²) in [6, 6.07) is 3.37. The summed E-state index contributed by atoms with van der Waals surface area (Å²) in [4.78, 5) is 12.0. The topological polar surface area (TPSA) is 48.5 Å². The number of methoxy groups -OCH3 is 1. The molecule has 0 bridgehead atoms. The molecule has 0 aliphatic rings. The smallest absolute Gasteiger partial charge is 0.350 e. The van der Waals surface area contributed by atoms with Crippen LogP contribution in [0.3, 0.4) is 0 Å². The fourth-order valence-corrected chi connectivity index (χ4v) is 1.57. The summed E-state index contributed by atoms with van der Waals surface area (Å²) in [6.45, 7) is 3.14. The molecule has 96 valence electrons. The molecule has 0 unspecified atom stereocenters. The standard InChI is InChI=1S/C12H14FN3O2/c1-8(2)9(13)7-16-12(17)15-6-4-5-10(18-3)11(15)14-16/h4-6H,7H2,1-3H3. The van der Waals surface area contributed by atoms with Crippen LogP contribution in [0.1, 0.15) is 13.8 Å². The predicted octanol–water partition coefficient (Wildman–Crippen LogP) is 1.77. The van der Waals surface area contributed by atoms with Crippen LogP contribution in [0.2, 0.25) is 0 Å². The highest BCUT2D eigenvalue weighted by atomic mass is 19.1. The summed E-state index contributed by atoms with van der Waals surface area (Å²) in [5.74, 6) is 0.116. The molecule has 2 rings (SSSR count). The van der Waals surface area contributed by atoms with Gasteiger partial charge in [0.25, 0.3) is 0 Å². The van der Waals surface area contributed by atoms with Crippen molar-refractivity contribution in [3.05, 3.63) is 40.2 Å². The van der Waals surface area contributed by atoms with E-state index in [-0.39, 0.29) is 18.1 Å². The van der Waals surface area contributed by atoms with Crippen LogP contribution in [-0.4, -0.2) is 21.3 Å². The second-order valence-corrected chi connectivity index (χ2v) is 4.12. The Morgan fingerprint density at radius 3 is 2.83 bits per heavy atom. The van der Waals surface area contributed by atoms with Gasteiger partial charge in [-0.1, -0.05) is 0 Å². The summed E-state index contributed by atoms with van der Waals surface area (Å²) < 4.78 is 21.1. The maximum absolute atomic E-state index is 13.5. The average molecular weight is 251 g/mol. The van der Waals surface area contributed by atoms with Crippen LogP contribution in [-0.2, 0) is 6.54 Å². The molecule has 0 spiro atoms. The van der Waals surface area contributed by atoms with Gasteiger partial charge in [0.05, 0.1) is 13.7 Å². The summed E-state index contributed by atoms with van der Waals surface area (Å²) in [5, 5.41) is 4.07. The maximum atomic E-state index is 13.5. The van der Waals surface area contributed by atoms with Gasteiger partial charge in [-0.15, -0.1) is 5.10 Å². The third-order valence-electron chi connectivity index (χ3n) is 2.62. The quantitative estimate of drug-likeness (QED) is 0.835. The lowest BCUT2D eigenvalue weighted by Crippen LogP contribution is -2.21. The molecule has 0 radical (unpaired) electrons. The first-order chi connectivity index (χ1) is 8.54. The van der Waals surface area contributed by atoms with Crippen LogP contribution < -0.4 is 10.4 Å². The van der Waals surface area contributed by atoms with Gasteiger partial charge in [0.2, 0.25) is 5.65 Å². The molecule has 2 aromatic rings. The van der Waals surface area contributed by atoms with Crippen molar-refractivity contribution in [1.29, 1.82) is 0 Å². The molecule has 2 heterocycles. The average Bonchev–Trinajstić information content (AvgIpc) is 2.66. The number of pyridine rings is 1. The normalized spacial score (nSPS) is 10.7. The van der Waals surface area contributed by atoms with E-state index in [0.29, 0.717) is 17.0 Å². The molecule has 0 aliphatic carbocycles. The monoisotopic (exact) mass is 251 g/mol. The first-order valence-corrected chi connectivity index (χ1v) is 5.48. The molecule has 0 aromatic carbocycles. The number of nitrogens with zero attached hydrogens (tertiary/aromatic N) is 3. The van der Waals surface area contributed by atoms with Gasteiger partial charge in [-0.25, -0.2) is 18.3 Å². The Morgan fingerprint density at radius 1 is 1.50 bits per heavy atom. The van der Waals surface area contributed by atoms with E-state index >= 15 is 0 Å². The van der Waals surface area contributed by atoms with Crippen molar-refractivity contribution in [3.8, 4) is 5.75 Å². The summed E-state index contributed by atoms with van der Waals surface area (Å²) in [7, 11) is 1.50. The van der Waals surface area contributed by atoms with Crippen LogP contribution >= 0.6 is 0 Å². The van der Waals surface area contributed by atoms with Crippen molar-refractivity contribution in [2.45, 2.75) is 20.4 Å². The lowest BCUT2D eigenvalue weighted by atomic mass is 10.3. The molecular weight excluding hydrogens is 237 g/mol. The van der Waals surface area contributed by atoms with Gasteiger partial charge >= 0.3 is 5.69 Å². The number of hydrogen-bond acceptors (Lipinski definition) is 3. The van der Waals surface area contributed by atoms with E-state index in [1.807, 2.05) is 0 Å². The van der Waals surface area contributed by atoms with Crippen LogP contribution in [0.5, 0.6) is 5.75 Å². The Bertz CT molecular complexity index is 666. The van der Waals surface area contributed by atoms with Crippen molar-refractivity contribution < 1.29 is 9.13 Å². The molecule has 0 atom stereocenters. The molecule has 5 nitrogen and oxygen atoms in total. The molecule has 2 aromatic heterocycles. The SMILES string of the molecule is COc1cccn2c(=O)n(CC(F)=C(C)C)nc12. The number of hydrogen-bond donors (Lipinski definition) is 0. The number of halogens is 1. The first-order valence-electron chi connectivity index (χ1n) is 5.48. The molecule has 18 heavy (non-hydrogen) atoms. The van der Waals surface area contributed by atoms with Crippen molar-refractivity contribution >= 4 is 5.65 Å². The van der Waals surface area contributed by atoms with E-state index in [0.717, 1.165) is 4.68 Å². The summed E-state index contributed by atoms with van der Waals surface area (Å²) in [6.07, 6.45) is 1.57. The van der Waals surface area contributed by atoms with E-state index in [1.165, 1.54) is 11.5 Å². The zero-order valence-electron chi connectivity index (χ0n) is 10.5. The lowest BCUT2D eigenvalue weighted by molar-refractivity contribution is 0.416. The van der Waals surface area contributed by atoms with E-state index in [2.05, 4.69) is 5.10 Å². The van der Waals surface area contributed by atoms with Gasteiger partial charge in [-0.3, -0.25) is 0 Å². The molecule has 0 amide bonds. The minimum atomic E-state index is -0.389. The Morgan fingerprint density at radius 2 is 2.22 bits per heavy atom. The predicted molar refractivity (Wildman–Crippen MR) is 65.5 cm³/mol. The van der Waals surface area contributed by atoms with Crippen LogP contribution in [0.25, 0.3) is 5.65 Å². The molecule has 6 heteroatoms. The molecule has 0 aliphatic heterocycles. The van der Waals surface area contributed by atoms with E-state index < -0.39 is 0 Å².